The number of amides is 2. The van der Waals surface area contributed by atoms with E-state index in [0.29, 0.717) is 50.0 Å². The van der Waals surface area contributed by atoms with Gasteiger partial charge in [-0.2, -0.15) is 0 Å². The highest BCUT2D eigenvalue weighted by molar-refractivity contribution is 5.94. The van der Waals surface area contributed by atoms with Crippen molar-refractivity contribution in [2.45, 2.75) is 32.3 Å². The monoisotopic (exact) mass is 552 g/mol. The van der Waals surface area contributed by atoms with Crippen LogP contribution < -0.4 is 10.2 Å². The van der Waals surface area contributed by atoms with E-state index in [0.717, 1.165) is 40.9 Å². The second kappa shape index (κ2) is 11.8. The lowest BCUT2D eigenvalue weighted by Gasteiger charge is -2.36. The maximum atomic E-state index is 13.1. The van der Waals surface area contributed by atoms with Crippen molar-refractivity contribution >= 4 is 23.3 Å². The van der Waals surface area contributed by atoms with Crippen molar-refractivity contribution in [2.24, 2.45) is 0 Å². The number of tetrazole rings is 1. The van der Waals surface area contributed by atoms with Gasteiger partial charge >= 0.3 is 0 Å². The first kappa shape index (κ1) is 26.6. The van der Waals surface area contributed by atoms with Gasteiger partial charge in [0.25, 0.3) is 5.91 Å². The Balaban J connectivity index is 1.27. The van der Waals surface area contributed by atoms with Gasteiger partial charge in [-0.15, -0.1) is 5.10 Å². The standard InChI is InChI=1S/C30H32N8O3/c1-20-8-10-21(11-9-20)17-28(39)31-22-18-25(23-5-2-3-6-24(23)29-33-35-36-34-29)32-27(19-22)37-12-14-38(15-13-37)30(40)26-7-4-16-41-26/h2-3,5-6,8-11,18-19,26H,4,7,12-17H2,1H3,(H,31,32,39)(H,33,34,35,36). The van der Waals surface area contributed by atoms with E-state index in [1.165, 1.54) is 0 Å². The number of anilines is 2. The number of nitrogens with one attached hydrogen (secondary N) is 2. The van der Waals surface area contributed by atoms with Gasteiger partial charge in [-0.3, -0.25) is 9.59 Å². The number of benzene rings is 2. The molecule has 41 heavy (non-hydrogen) atoms. The van der Waals surface area contributed by atoms with E-state index in [9.17, 15) is 9.59 Å². The summed E-state index contributed by atoms with van der Waals surface area (Å²) in [5.74, 6) is 1.21. The minimum absolute atomic E-state index is 0.0718. The van der Waals surface area contributed by atoms with Crippen LogP contribution in [-0.4, -0.2) is 81.2 Å². The molecule has 0 bridgehead atoms. The number of piperazine rings is 1. The zero-order valence-electron chi connectivity index (χ0n) is 22.9. The largest absolute Gasteiger partial charge is 0.368 e. The highest BCUT2D eigenvalue weighted by Gasteiger charge is 2.31. The summed E-state index contributed by atoms with van der Waals surface area (Å²) < 4.78 is 5.61. The molecule has 11 heteroatoms. The Hall–Kier alpha value is -4.64. The van der Waals surface area contributed by atoms with Crippen molar-refractivity contribution in [3.05, 3.63) is 71.8 Å². The Labute approximate surface area is 237 Å². The molecule has 4 aromatic rings. The number of H-pyrrole nitrogens is 1. The highest BCUT2D eigenvalue weighted by Crippen LogP contribution is 2.32. The summed E-state index contributed by atoms with van der Waals surface area (Å²) in [5, 5.41) is 17.5. The van der Waals surface area contributed by atoms with Crippen LogP contribution in [-0.2, 0) is 20.7 Å². The fraction of sp³-hybridized carbons (Fsp3) is 0.333. The molecule has 2 fully saturated rings. The number of carbonyl (C=O) groups excluding carboxylic acids is 2. The molecule has 2 aliphatic rings. The molecule has 2 saturated heterocycles. The van der Waals surface area contributed by atoms with Gasteiger partial charge in [-0.1, -0.05) is 54.1 Å². The lowest BCUT2D eigenvalue weighted by atomic mass is 10.0. The Kier molecular flexibility index (Phi) is 7.68. The summed E-state index contributed by atoms with van der Waals surface area (Å²) in [6, 6.07) is 19.4. The molecule has 1 atom stereocenters. The molecule has 1 unspecified atom stereocenters. The van der Waals surface area contributed by atoms with Gasteiger partial charge in [0.05, 0.1) is 12.1 Å². The molecule has 210 valence electrons. The Morgan fingerprint density at radius 2 is 1.80 bits per heavy atom. The Morgan fingerprint density at radius 1 is 1.02 bits per heavy atom. The first-order valence-corrected chi connectivity index (χ1v) is 13.9. The van der Waals surface area contributed by atoms with E-state index in [1.807, 2.05) is 72.5 Å². The second-order valence-corrected chi connectivity index (χ2v) is 10.4. The average molecular weight is 553 g/mol. The van der Waals surface area contributed by atoms with Crippen LogP contribution >= 0.6 is 0 Å². The summed E-state index contributed by atoms with van der Waals surface area (Å²) in [6.07, 6.45) is 1.66. The van der Waals surface area contributed by atoms with Crippen LogP contribution in [0.3, 0.4) is 0 Å². The third kappa shape index (κ3) is 6.09. The number of aryl methyl sites for hydroxylation is 1. The number of ether oxygens (including phenoxy) is 1. The van der Waals surface area contributed by atoms with Crippen molar-refractivity contribution in [3.8, 4) is 22.6 Å². The molecule has 6 rings (SSSR count). The normalized spacial score (nSPS) is 17.0. The van der Waals surface area contributed by atoms with Crippen molar-refractivity contribution in [1.29, 1.82) is 0 Å². The summed E-state index contributed by atoms with van der Waals surface area (Å²) in [4.78, 5) is 35.0. The zero-order chi connectivity index (χ0) is 28.2. The fourth-order valence-corrected chi connectivity index (χ4v) is 5.30. The minimum Gasteiger partial charge on any atom is -0.368 e. The lowest BCUT2D eigenvalue weighted by molar-refractivity contribution is -0.141. The first-order valence-electron chi connectivity index (χ1n) is 13.9. The lowest BCUT2D eigenvalue weighted by Crippen LogP contribution is -2.51. The van der Waals surface area contributed by atoms with Gasteiger partial charge in [0.15, 0.2) is 5.82 Å². The summed E-state index contributed by atoms with van der Waals surface area (Å²) in [5.41, 5.74) is 5.04. The number of hydrogen-bond acceptors (Lipinski definition) is 8. The number of aromatic amines is 1. The zero-order valence-corrected chi connectivity index (χ0v) is 22.9. The van der Waals surface area contributed by atoms with E-state index in [4.69, 9.17) is 9.72 Å². The molecular formula is C30H32N8O3. The molecule has 2 aromatic carbocycles. The van der Waals surface area contributed by atoms with Crippen LogP contribution in [0, 0.1) is 6.92 Å². The van der Waals surface area contributed by atoms with Crippen LogP contribution in [0.4, 0.5) is 11.5 Å². The third-order valence-corrected chi connectivity index (χ3v) is 7.50. The van der Waals surface area contributed by atoms with E-state index in [1.54, 1.807) is 0 Å². The number of nitrogens with zero attached hydrogens (tertiary/aromatic N) is 6. The highest BCUT2D eigenvalue weighted by atomic mass is 16.5. The van der Waals surface area contributed by atoms with Crippen LogP contribution in [0.15, 0.2) is 60.7 Å². The van der Waals surface area contributed by atoms with Gasteiger partial charge in [0, 0.05) is 55.7 Å². The molecule has 2 aliphatic heterocycles. The van der Waals surface area contributed by atoms with Crippen molar-refractivity contribution < 1.29 is 14.3 Å². The van der Waals surface area contributed by atoms with Gasteiger partial charge in [0.1, 0.15) is 11.9 Å². The predicted molar refractivity (Wildman–Crippen MR) is 154 cm³/mol. The smallest absolute Gasteiger partial charge is 0.251 e. The second-order valence-electron chi connectivity index (χ2n) is 10.4. The summed E-state index contributed by atoms with van der Waals surface area (Å²) in [7, 11) is 0. The molecule has 4 heterocycles. The van der Waals surface area contributed by atoms with Crippen molar-refractivity contribution in [3.63, 3.8) is 0 Å². The van der Waals surface area contributed by atoms with Crippen molar-refractivity contribution in [1.82, 2.24) is 30.5 Å². The van der Waals surface area contributed by atoms with Gasteiger partial charge in [0.2, 0.25) is 5.91 Å². The number of hydrogen-bond donors (Lipinski definition) is 2. The molecule has 0 aliphatic carbocycles. The molecule has 0 radical (unpaired) electrons. The molecule has 11 nitrogen and oxygen atoms in total. The number of pyridine rings is 1. The fourth-order valence-electron chi connectivity index (χ4n) is 5.30. The van der Waals surface area contributed by atoms with Gasteiger partial charge < -0.3 is 19.9 Å². The topological polar surface area (TPSA) is 129 Å². The van der Waals surface area contributed by atoms with E-state index < -0.39 is 0 Å². The third-order valence-electron chi connectivity index (χ3n) is 7.50. The van der Waals surface area contributed by atoms with Crippen LogP contribution in [0.2, 0.25) is 0 Å². The molecule has 2 aromatic heterocycles. The molecule has 2 amide bonds. The van der Waals surface area contributed by atoms with E-state index in [-0.39, 0.29) is 24.3 Å². The maximum absolute atomic E-state index is 13.1. The maximum Gasteiger partial charge on any atom is 0.251 e. The quantitative estimate of drug-likeness (QED) is 0.358. The van der Waals surface area contributed by atoms with Crippen LogP contribution in [0.1, 0.15) is 24.0 Å². The van der Waals surface area contributed by atoms with E-state index >= 15 is 0 Å². The van der Waals surface area contributed by atoms with Crippen LogP contribution in [0.5, 0.6) is 0 Å². The molecule has 0 saturated carbocycles. The predicted octanol–water partition coefficient (Wildman–Crippen LogP) is 3.25. The molecule has 0 spiro atoms. The van der Waals surface area contributed by atoms with Crippen LogP contribution in [0.25, 0.3) is 22.6 Å². The Bertz CT molecular complexity index is 1510. The van der Waals surface area contributed by atoms with Gasteiger partial charge in [-0.05, 0) is 41.8 Å². The number of aromatic nitrogens is 5. The minimum atomic E-state index is -0.319. The average Bonchev–Trinajstić information content (AvgIpc) is 3.73. The SMILES string of the molecule is Cc1ccc(CC(=O)Nc2cc(-c3ccccc3-c3nnn[nH]3)nc(N3CCN(C(=O)C4CCCO4)CC3)c2)cc1. The molecular weight excluding hydrogens is 520 g/mol. The van der Waals surface area contributed by atoms with Gasteiger partial charge in [-0.25, -0.2) is 10.1 Å². The van der Waals surface area contributed by atoms with Crippen molar-refractivity contribution in [2.75, 3.05) is 43.0 Å². The summed E-state index contributed by atoms with van der Waals surface area (Å²) in [6.45, 7) is 5.09. The molecule has 2 N–H and O–H groups in total. The summed E-state index contributed by atoms with van der Waals surface area (Å²) >= 11 is 0. The number of carbonyl (C=O) groups is 2. The van der Waals surface area contributed by atoms with E-state index in [2.05, 4.69) is 30.8 Å². The first-order chi connectivity index (χ1) is 20.0. The Morgan fingerprint density at radius 3 is 2.51 bits per heavy atom. The number of rotatable bonds is 7.